The van der Waals surface area contributed by atoms with E-state index in [0.717, 1.165) is 39.1 Å². The number of nitrogens with zero attached hydrogens (tertiary/aromatic N) is 3. The highest BCUT2D eigenvalue weighted by molar-refractivity contribution is 5.96. The van der Waals surface area contributed by atoms with Crippen molar-refractivity contribution in [2.75, 3.05) is 52.9 Å². The molecule has 0 unspecified atom stereocenters. The second kappa shape index (κ2) is 9.00. The van der Waals surface area contributed by atoms with Crippen molar-refractivity contribution in [2.24, 2.45) is 0 Å². The number of pyridine rings is 1. The zero-order valence-electron chi connectivity index (χ0n) is 14.2. The van der Waals surface area contributed by atoms with Crippen LogP contribution in [0.4, 0.5) is 13.2 Å². The molecule has 1 aliphatic heterocycles. The van der Waals surface area contributed by atoms with Gasteiger partial charge >= 0.3 is 6.18 Å². The molecule has 140 valence electrons. The molecule has 2 rings (SSSR count). The molecule has 25 heavy (non-hydrogen) atoms. The minimum absolute atomic E-state index is 0.00588. The third-order valence-corrected chi connectivity index (χ3v) is 3.92. The first-order valence-electron chi connectivity index (χ1n) is 8.19. The van der Waals surface area contributed by atoms with Gasteiger partial charge < -0.3 is 19.9 Å². The lowest BCUT2D eigenvalue weighted by Crippen LogP contribution is -2.45. The van der Waals surface area contributed by atoms with Gasteiger partial charge in [0.05, 0.1) is 0 Å². The molecular weight excluding hydrogens is 337 g/mol. The van der Waals surface area contributed by atoms with E-state index in [-0.39, 0.29) is 11.4 Å². The first kappa shape index (κ1) is 19.5. The van der Waals surface area contributed by atoms with E-state index in [1.807, 2.05) is 0 Å². The fourth-order valence-corrected chi connectivity index (χ4v) is 2.50. The fraction of sp³-hybridized carbons (Fsp3) is 0.625. The molecule has 6 nitrogen and oxygen atoms in total. The van der Waals surface area contributed by atoms with Gasteiger partial charge in [-0.15, -0.1) is 0 Å². The molecule has 1 fully saturated rings. The Balaban J connectivity index is 1.76. The van der Waals surface area contributed by atoms with Crippen molar-refractivity contribution < 1.29 is 22.7 Å². The van der Waals surface area contributed by atoms with Gasteiger partial charge in [-0.05, 0) is 32.1 Å². The molecule has 1 amide bonds. The quantitative estimate of drug-likeness (QED) is 0.745. The topological polar surface area (TPSA) is 57.7 Å². The van der Waals surface area contributed by atoms with Crippen LogP contribution >= 0.6 is 0 Å². The van der Waals surface area contributed by atoms with Crippen LogP contribution in [0.5, 0.6) is 5.88 Å². The van der Waals surface area contributed by atoms with E-state index in [2.05, 4.69) is 31.9 Å². The summed E-state index contributed by atoms with van der Waals surface area (Å²) in [7, 11) is 2.09. The summed E-state index contributed by atoms with van der Waals surface area (Å²) in [5.74, 6) is -0.792. The van der Waals surface area contributed by atoms with Gasteiger partial charge in [-0.3, -0.25) is 4.79 Å². The summed E-state index contributed by atoms with van der Waals surface area (Å²) < 4.78 is 41.4. The normalized spacial score (nSPS) is 16.6. The molecule has 0 aromatic carbocycles. The number of hydrogen-bond donors (Lipinski definition) is 1. The summed E-state index contributed by atoms with van der Waals surface area (Å²) in [6.07, 6.45) is -2.42. The number of halogens is 3. The third kappa shape index (κ3) is 6.87. The van der Waals surface area contributed by atoms with Gasteiger partial charge in [0.2, 0.25) is 5.88 Å². The van der Waals surface area contributed by atoms with Crippen molar-refractivity contribution in [3.8, 4) is 5.88 Å². The summed E-state index contributed by atoms with van der Waals surface area (Å²) in [5, 5.41) is 2.71. The van der Waals surface area contributed by atoms with Crippen molar-refractivity contribution in [1.29, 1.82) is 0 Å². The molecule has 0 bridgehead atoms. The Morgan fingerprint density at radius 3 is 2.72 bits per heavy atom. The molecule has 0 radical (unpaired) electrons. The number of nitrogens with one attached hydrogen (secondary N) is 1. The van der Waals surface area contributed by atoms with Crippen LogP contribution in [0.25, 0.3) is 0 Å². The lowest BCUT2D eigenvalue weighted by atomic mass is 10.2. The van der Waals surface area contributed by atoms with Crippen molar-refractivity contribution in [2.45, 2.75) is 12.6 Å². The molecule has 1 aliphatic rings. The second-order valence-corrected chi connectivity index (χ2v) is 6.01. The van der Waals surface area contributed by atoms with Crippen LogP contribution < -0.4 is 10.1 Å². The Labute approximate surface area is 145 Å². The Kier molecular flexibility index (Phi) is 7.01. The van der Waals surface area contributed by atoms with Crippen molar-refractivity contribution >= 4 is 5.91 Å². The third-order valence-electron chi connectivity index (χ3n) is 3.92. The number of aromatic nitrogens is 1. The second-order valence-electron chi connectivity index (χ2n) is 6.01. The van der Waals surface area contributed by atoms with Gasteiger partial charge in [-0.1, -0.05) is 0 Å². The standard InChI is InChI=1S/C16H23F3N4O2/c1-22-8-10-23(11-9-22)7-3-6-20-14(24)13-4-2-5-21-15(13)25-12-16(17,18)19/h2,4-5H,3,6-12H2,1H3,(H,20,24). The molecule has 0 spiro atoms. The molecule has 0 atom stereocenters. The summed E-state index contributed by atoms with van der Waals surface area (Å²) >= 11 is 0. The van der Waals surface area contributed by atoms with E-state index in [0.29, 0.717) is 6.54 Å². The Hall–Kier alpha value is -1.87. The van der Waals surface area contributed by atoms with Gasteiger partial charge in [0.1, 0.15) is 5.56 Å². The number of likely N-dealkylation sites (N-methyl/N-ethyl adjacent to an activating group) is 1. The van der Waals surface area contributed by atoms with E-state index in [4.69, 9.17) is 0 Å². The Morgan fingerprint density at radius 2 is 2.04 bits per heavy atom. The highest BCUT2D eigenvalue weighted by Crippen LogP contribution is 2.19. The number of amides is 1. The minimum Gasteiger partial charge on any atom is -0.467 e. The molecule has 1 aromatic rings. The van der Waals surface area contributed by atoms with Gasteiger partial charge in [0.15, 0.2) is 6.61 Å². The summed E-state index contributed by atoms with van der Waals surface area (Å²) in [5.41, 5.74) is 0.00588. The van der Waals surface area contributed by atoms with E-state index in [1.165, 1.54) is 18.3 Å². The molecule has 2 heterocycles. The molecule has 0 saturated carbocycles. The summed E-state index contributed by atoms with van der Waals surface area (Å²) in [6.45, 7) is 3.90. The minimum atomic E-state index is -4.48. The van der Waals surface area contributed by atoms with E-state index < -0.39 is 18.7 Å². The smallest absolute Gasteiger partial charge is 0.422 e. The fourth-order valence-electron chi connectivity index (χ4n) is 2.50. The van der Waals surface area contributed by atoms with Crippen LogP contribution in [0.2, 0.25) is 0 Å². The highest BCUT2D eigenvalue weighted by atomic mass is 19.4. The highest BCUT2D eigenvalue weighted by Gasteiger charge is 2.29. The zero-order valence-corrected chi connectivity index (χ0v) is 14.2. The number of carbonyl (C=O) groups excluding carboxylic acids is 1. The van der Waals surface area contributed by atoms with Crippen LogP contribution in [-0.4, -0.2) is 79.8 Å². The zero-order chi connectivity index (χ0) is 18.3. The van der Waals surface area contributed by atoms with Gasteiger partial charge in [-0.2, -0.15) is 13.2 Å². The van der Waals surface area contributed by atoms with Crippen molar-refractivity contribution in [3.05, 3.63) is 23.9 Å². The molecule has 1 N–H and O–H groups in total. The van der Waals surface area contributed by atoms with E-state index >= 15 is 0 Å². The number of carbonyl (C=O) groups is 1. The predicted octanol–water partition coefficient (Wildman–Crippen LogP) is 1.39. The monoisotopic (exact) mass is 360 g/mol. The maximum atomic E-state index is 12.3. The van der Waals surface area contributed by atoms with Gasteiger partial charge in [0, 0.05) is 38.9 Å². The molecule has 1 saturated heterocycles. The first-order valence-corrected chi connectivity index (χ1v) is 8.19. The SMILES string of the molecule is CN1CCN(CCCNC(=O)c2cccnc2OCC(F)(F)F)CC1. The van der Waals surface area contributed by atoms with Crippen LogP contribution in [0.3, 0.4) is 0 Å². The lowest BCUT2D eigenvalue weighted by Gasteiger charge is -2.32. The number of alkyl halides is 3. The molecular formula is C16H23F3N4O2. The van der Waals surface area contributed by atoms with Crippen molar-refractivity contribution in [1.82, 2.24) is 20.1 Å². The number of ether oxygens (including phenoxy) is 1. The number of hydrogen-bond acceptors (Lipinski definition) is 5. The Morgan fingerprint density at radius 1 is 1.32 bits per heavy atom. The van der Waals surface area contributed by atoms with Gasteiger partial charge in [0.25, 0.3) is 5.91 Å². The molecule has 1 aromatic heterocycles. The van der Waals surface area contributed by atoms with Crippen LogP contribution in [0.1, 0.15) is 16.8 Å². The largest absolute Gasteiger partial charge is 0.467 e. The van der Waals surface area contributed by atoms with Crippen LogP contribution in [-0.2, 0) is 0 Å². The molecule has 9 heteroatoms. The maximum absolute atomic E-state index is 12.3. The number of piperazine rings is 1. The average Bonchev–Trinajstić information content (AvgIpc) is 2.58. The van der Waals surface area contributed by atoms with Crippen molar-refractivity contribution in [3.63, 3.8) is 0 Å². The summed E-state index contributed by atoms with van der Waals surface area (Å²) in [6, 6.07) is 2.88. The number of rotatable bonds is 7. The maximum Gasteiger partial charge on any atom is 0.422 e. The Bertz CT molecular complexity index is 561. The van der Waals surface area contributed by atoms with E-state index in [1.54, 1.807) is 0 Å². The molecule has 0 aliphatic carbocycles. The average molecular weight is 360 g/mol. The first-order chi connectivity index (χ1) is 11.8. The van der Waals surface area contributed by atoms with Crippen LogP contribution in [0.15, 0.2) is 18.3 Å². The van der Waals surface area contributed by atoms with E-state index in [9.17, 15) is 18.0 Å². The van der Waals surface area contributed by atoms with Crippen LogP contribution in [0, 0.1) is 0 Å². The predicted molar refractivity (Wildman–Crippen MR) is 86.7 cm³/mol. The lowest BCUT2D eigenvalue weighted by molar-refractivity contribution is -0.154. The van der Waals surface area contributed by atoms with Gasteiger partial charge in [-0.25, -0.2) is 4.98 Å². The summed E-state index contributed by atoms with van der Waals surface area (Å²) in [4.78, 5) is 20.5.